The van der Waals surface area contributed by atoms with Gasteiger partial charge in [-0.25, -0.2) is 0 Å². The third kappa shape index (κ3) is 2.74. The van der Waals surface area contributed by atoms with Crippen LogP contribution in [-0.4, -0.2) is 17.1 Å². The van der Waals surface area contributed by atoms with Crippen LogP contribution >= 0.6 is 0 Å². The molecule has 0 amide bonds. The quantitative estimate of drug-likeness (QED) is 0.587. The Morgan fingerprint density at radius 1 is 1.04 bits per heavy atom. The second kappa shape index (κ2) is 6.06. The van der Waals surface area contributed by atoms with E-state index in [1.807, 2.05) is 12.1 Å². The van der Waals surface area contributed by atoms with Crippen molar-refractivity contribution < 1.29 is 14.8 Å². The van der Waals surface area contributed by atoms with Gasteiger partial charge in [0.2, 0.25) is 0 Å². The Balaban J connectivity index is 2.14. The number of benzene rings is 3. The van der Waals surface area contributed by atoms with Gasteiger partial charge in [0, 0.05) is 0 Å². The molecule has 0 radical (unpaired) electrons. The number of aliphatic hydroxyl groups excluding tert-OH is 1. The number of hydrogen-bond donors (Lipinski definition) is 1. The van der Waals surface area contributed by atoms with Crippen molar-refractivity contribution in [1.82, 2.24) is 0 Å². The minimum Gasteiger partial charge on any atom is -0.497 e. The highest BCUT2D eigenvalue weighted by Gasteiger charge is 2.24. The Bertz CT molecular complexity index is 859. The molecule has 0 fully saturated rings. The van der Waals surface area contributed by atoms with Gasteiger partial charge >= 0.3 is 0 Å². The lowest BCUT2D eigenvalue weighted by Gasteiger charge is -2.13. The largest absolute Gasteiger partial charge is 0.497 e. The highest BCUT2D eigenvalue weighted by atomic mass is 16.6. The molecule has 116 valence electrons. The molecule has 0 heterocycles. The lowest BCUT2D eigenvalue weighted by atomic mass is 9.96. The average Bonchev–Trinajstić information content (AvgIpc) is 2.60. The summed E-state index contributed by atoms with van der Waals surface area (Å²) in [5, 5.41) is 23.4. The van der Waals surface area contributed by atoms with E-state index < -0.39 is 11.0 Å². The van der Waals surface area contributed by atoms with Crippen molar-refractivity contribution in [2.75, 3.05) is 7.11 Å². The Morgan fingerprint density at radius 3 is 2.39 bits per heavy atom. The highest BCUT2D eigenvalue weighted by molar-refractivity contribution is 5.92. The first kappa shape index (κ1) is 15.0. The van der Waals surface area contributed by atoms with E-state index in [1.165, 1.54) is 0 Å². The molecule has 0 saturated heterocycles. The number of rotatable bonds is 4. The van der Waals surface area contributed by atoms with Gasteiger partial charge in [-0.2, -0.15) is 0 Å². The molecule has 0 spiro atoms. The maximum Gasteiger partial charge on any atom is 0.283 e. The van der Waals surface area contributed by atoms with Crippen LogP contribution in [0.15, 0.2) is 60.7 Å². The van der Waals surface area contributed by atoms with E-state index in [1.54, 1.807) is 55.6 Å². The summed E-state index contributed by atoms with van der Waals surface area (Å²) in [7, 11) is 1.56. The molecule has 0 bridgehead atoms. The van der Waals surface area contributed by atoms with E-state index >= 15 is 0 Å². The Labute approximate surface area is 132 Å². The summed E-state index contributed by atoms with van der Waals surface area (Å²) >= 11 is 0. The smallest absolute Gasteiger partial charge is 0.283 e. The number of ether oxygens (including phenoxy) is 1. The second-order valence-corrected chi connectivity index (χ2v) is 5.16. The molecule has 1 atom stereocenters. The number of methoxy groups -OCH3 is 1. The number of hydrogen-bond acceptors (Lipinski definition) is 4. The second-order valence-electron chi connectivity index (χ2n) is 5.16. The van der Waals surface area contributed by atoms with Crippen molar-refractivity contribution in [2.24, 2.45) is 0 Å². The van der Waals surface area contributed by atoms with Crippen LogP contribution in [0.5, 0.6) is 5.75 Å². The molecule has 0 aromatic heterocycles. The topological polar surface area (TPSA) is 72.6 Å². The van der Waals surface area contributed by atoms with E-state index in [-0.39, 0.29) is 11.3 Å². The zero-order chi connectivity index (χ0) is 16.4. The molecule has 3 aromatic rings. The van der Waals surface area contributed by atoms with Crippen LogP contribution in [0.2, 0.25) is 0 Å². The molecule has 0 aliphatic rings. The number of aliphatic hydroxyl groups is 1. The molecule has 0 aliphatic heterocycles. The van der Waals surface area contributed by atoms with E-state index in [2.05, 4.69) is 0 Å². The zero-order valence-electron chi connectivity index (χ0n) is 12.5. The molecule has 1 N–H and O–H groups in total. The lowest BCUT2D eigenvalue weighted by Crippen LogP contribution is -2.04. The van der Waals surface area contributed by atoms with Crippen molar-refractivity contribution in [3.05, 3.63) is 81.9 Å². The van der Waals surface area contributed by atoms with Gasteiger partial charge in [0.15, 0.2) is 0 Å². The zero-order valence-corrected chi connectivity index (χ0v) is 12.5. The van der Waals surface area contributed by atoms with E-state index in [4.69, 9.17) is 4.74 Å². The number of fused-ring (bicyclic) bond motifs is 1. The van der Waals surface area contributed by atoms with Gasteiger partial charge in [0.1, 0.15) is 11.9 Å². The maximum absolute atomic E-state index is 11.5. The third-order valence-electron chi connectivity index (χ3n) is 3.84. The molecule has 23 heavy (non-hydrogen) atoms. The van der Waals surface area contributed by atoms with Crippen LogP contribution in [0.3, 0.4) is 0 Å². The number of nitro groups is 1. The number of nitro benzene ring substituents is 1. The summed E-state index contributed by atoms with van der Waals surface area (Å²) in [4.78, 5) is 11.1. The van der Waals surface area contributed by atoms with E-state index in [9.17, 15) is 15.2 Å². The Hall–Kier alpha value is -2.92. The van der Waals surface area contributed by atoms with Gasteiger partial charge in [-0.15, -0.1) is 0 Å². The SMILES string of the molecule is COc1ccc(C(O)c2ccc3ccccc3c2[N+](=O)[O-])cc1. The van der Waals surface area contributed by atoms with Crippen LogP contribution in [0.4, 0.5) is 5.69 Å². The minimum absolute atomic E-state index is 0.0635. The summed E-state index contributed by atoms with van der Waals surface area (Å²) in [6.07, 6.45) is -1.08. The van der Waals surface area contributed by atoms with Gasteiger partial charge in [0.05, 0.1) is 23.0 Å². The minimum atomic E-state index is -1.08. The fourth-order valence-corrected chi connectivity index (χ4v) is 2.66. The number of nitrogens with zero attached hydrogens (tertiary/aromatic N) is 1. The van der Waals surface area contributed by atoms with Gasteiger partial charge in [0.25, 0.3) is 5.69 Å². The van der Waals surface area contributed by atoms with Crippen molar-refractivity contribution in [1.29, 1.82) is 0 Å². The standard InChI is InChI=1S/C18H15NO4/c1-23-14-9-6-13(7-10-14)18(20)16-11-8-12-4-2-3-5-15(12)17(16)19(21)22/h2-11,18,20H,1H3. The first-order valence-electron chi connectivity index (χ1n) is 7.10. The van der Waals surface area contributed by atoms with Crippen molar-refractivity contribution in [3.63, 3.8) is 0 Å². The van der Waals surface area contributed by atoms with Crippen LogP contribution in [0, 0.1) is 10.1 Å². The fraction of sp³-hybridized carbons (Fsp3) is 0.111. The predicted molar refractivity (Wildman–Crippen MR) is 87.7 cm³/mol. The van der Waals surface area contributed by atoms with Crippen molar-refractivity contribution in [2.45, 2.75) is 6.10 Å². The molecular weight excluding hydrogens is 294 g/mol. The normalized spacial score (nSPS) is 12.1. The maximum atomic E-state index is 11.5. The predicted octanol–water partition coefficient (Wildman–Crippen LogP) is 3.84. The molecule has 0 aliphatic carbocycles. The lowest BCUT2D eigenvalue weighted by molar-refractivity contribution is -0.384. The molecule has 3 aromatic carbocycles. The molecule has 1 unspecified atom stereocenters. The summed E-state index contributed by atoms with van der Waals surface area (Å²) in [6, 6.07) is 17.3. The van der Waals surface area contributed by atoms with Gasteiger partial charge < -0.3 is 9.84 Å². The summed E-state index contributed by atoms with van der Waals surface area (Å²) in [6.45, 7) is 0. The highest BCUT2D eigenvalue weighted by Crippen LogP contribution is 2.36. The van der Waals surface area contributed by atoms with Gasteiger partial charge in [-0.05, 0) is 35.2 Å². The molecular formula is C18H15NO4. The van der Waals surface area contributed by atoms with E-state index in [0.29, 0.717) is 16.7 Å². The first-order valence-corrected chi connectivity index (χ1v) is 7.10. The average molecular weight is 309 g/mol. The van der Waals surface area contributed by atoms with Gasteiger partial charge in [-0.1, -0.05) is 36.4 Å². The Kier molecular flexibility index (Phi) is 3.95. The van der Waals surface area contributed by atoms with Crippen LogP contribution in [-0.2, 0) is 0 Å². The van der Waals surface area contributed by atoms with Gasteiger partial charge in [-0.3, -0.25) is 10.1 Å². The van der Waals surface area contributed by atoms with Crippen LogP contribution in [0.1, 0.15) is 17.2 Å². The summed E-state index contributed by atoms with van der Waals surface area (Å²) < 4.78 is 5.08. The molecule has 0 saturated carbocycles. The van der Waals surface area contributed by atoms with Crippen molar-refractivity contribution >= 4 is 16.5 Å². The molecule has 5 nitrogen and oxygen atoms in total. The summed E-state index contributed by atoms with van der Waals surface area (Å²) in [5.41, 5.74) is 0.787. The van der Waals surface area contributed by atoms with Crippen molar-refractivity contribution in [3.8, 4) is 5.75 Å². The molecule has 3 rings (SSSR count). The Morgan fingerprint density at radius 2 is 1.74 bits per heavy atom. The first-order chi connectivity index (χ1) is 11.1. The molecule has 5 heteroatoms. The van der Waals surface area contributed by atoms with Crippen LogP contribution < -0.4 is 4.74 Å². The fourth-order valence-electron chi connectivity index (χ4n) is 2.66. The third-order valence-corrected chi connectivity index (χ3v) is 3.84. The summed E-state index contributed by atoms with van der Waals surface area (Å²) in [5.74, 6) is 0.661. The monoisotopic (exact) mass is 309 g/mol. The van der Waals surface area contributed by atoms with Crippen LogP contribution in [0.25, 0.3) is 10.8 Å². The van der Waals surface area contributed by atoms with E-state index in [0.717, 1.165) is 5.39 Å².